The van der Waals surface area contributed by atoms with Crippen molar-refractivity contribution in [1.29, 1.82) is 0 Å². The lowest BCUT2D eigenvalue weighted by molar-refractivity contribution is -0.116. The van der Waals surface area contributed by atoms with E-state index in [1.807, 2.05) is 30.3 Å². The molecule has 2 rings (SSSR count). The van der Waals surface area contributed by atoms with Crippen LogP contribution in [0.3, 0.4) is 0 Å². The minimum Gasteiger partial charge on any atom is -0.325 e. The third kappa shape index (κ3) is 4.46. The summed E-state index contributed by atoms with van der Waals surface area (Å²) in [7, 11) is 0. The molecule has 0 aliphatic carbocycles. The Balaban J connectivity index is 1.82. The van der Waals surface area contributed by atoms with Gasteiger partial charge in [0.05, 0.1) is 5.69 Å². The lowest BCUT2D eigenvalue weighted by Crippen LogP contribution is -2.12. The Kier molecular flexibility index (Phi) is 5.30. The van der Waals surface area contributed by atoms with Crippen LogP contribution < -0.4 is 5.32 Å². The predicted molar refractivity (Wildman–Crippen MR) is 82.1 cm³/mol. The normalized spacial score (nSPS) is 10.3. The number of anilines is 1. The highest BCUT2D eigenvalue weighted by atomic mass is 79.9. The molecule has 2 aromatic carbocycles. The number of nitrogens with one attached hydrogen (secondary N) is 1. The molecule has 0 aromatic heterocycles. The molecule has 0 radical (unpaired) electrons. The van der Waals surface area contributed by atoms with Gasteiger partial charge < -0.3 is 5.32 Å². The van der Waals surface area contributed by atoms with Gasteiger partial charge in [0.15, 0.2) is 0 Å². The minimum absolute atomic E-state index is 0.104. The molecule has 0 spiro atoms. The molecule has 0 saturated heterocycles. The molecule has 0 atom stereocenters. The maximum absolute atomic E-state index is 13.1. The number of carbonyl (C=O) groups excluding carboxylic acids is 1. The van der Waals surface area contributed by atoms with Gasteiger partial charge in [0, 0.05) is 10.9 Å². The summed E-state index contributed by atoms with van der Waals surface area (Å²) in [5.41, 5.74) is 1.68. The Labute approximate surface area is 126 Å². The molecule has 2 nitrogen and oxygen atoms in total. The van der Waals surface area contributed by atoms with E-state index in [1.165, 1.54) is 17.7 Å². The van der Waals surface area contributed by atoms with Crippen molar-refractivity contribution in [1.82, 2.24) is 0 Å². The van der Waals surface area contributed by atoms with E-state index < -0.39 is 0 Å². The zero-order valence-corrected chi connectivity index (χ0v) is 12.5. The molecule has 1 amide bonds. The number of hydrogen-bond donors (Lipinski definition) is 1. The van der Waals surface area contributed by atoms with Crippen LogP contribution in [0, 0.1) is 5.82 Å². The molecular formula is C16H15BrFNO. The molecule has 4 heteroatoms. The SMILES string of the molecule is O=C(CCCc1ccccc1)Nc1cc(F)ccc1Br. The van der Waals surface area contributed by atoms with Crippen LogP contribution in [0.15, 0.2) is 53.0 Å². The number of aryl methyl sites for hydroxylation is 1. The number of halogens is 2. The van der Waals surface area contributed by atoms with Crippen LogP contribution >= 0.6 is 15.9 Å². The zero-order valence-electron chi connectivity index (χ0n) is 10.9. The third-order valence-corrected chi connectivity index (χ3v) is 3.61. The quantitative estimate of drug-likeness (QED) is 0.853. The van der Waals surface area contributed by atoms with Crippen LogP contribution in [0.1, 0.15) is 18.4 Å². The summed E-state index contributed by atoms with van der Waals surface area (Å²) < 4.78 is 13.8. The summed E-state index contributed by atoms with van der Waals surface area (Å²) in [6.45, 7) is 0. The summed E-state index contributed by atoms with van der Waals surface area (Å²) in [6, 6.07) is 14.3. The second-order valence-corrected chi connectivity index (χ2v) is 5.37. The van der Waals surface area contributed by atoms with Crippen molar-refractivity contribution in [3.63, 3.8) is 0 Å². The van der Waals surface area contributed by atoms with Gasteiger partial charge in [-0.25, -0.2) is 4.39 Å². The summed E-state index contributed by atoms with van der Waals surface area (Å²) in [5, 5.41) is 2.71. The molecule has 0 saturated carbocycles. The second kappa shape index (κ2) is 7.20. The molecule has 2 aromatic rings. The van der Waals surface area contributed by atoms with Crippen LogP contribution in [0.5, 0.6) is 0 Å². The molecule has 0 aliphatic rings. The minimum atomic E-state index is -0.368. The van der Waals surface area contributed by atoms with E-state index in [2.05, 4.69) is 21.2 Å². The zero-order chi connectivity index (χ0) is 14.4. The second-order valence-electron chi connectivity index (χ2n) is 4.51. The van der Waals surface area contributed by atoms with Gasteiger partial charge in [-0.3, -0.25) is 4.79 Å². The largest absolute Gasteiger partial charge is 0.325 e. The highest BCUT2D eigenvalue weighted by Crippen LogP contribution is 2.23. The van der Waals surface area contributed by atoms with Gasteiger partial charge in [0.2, 0.25) is 5.91 Å². The first kappa shape index (κ1) is 14.7. The average Bonchev–Trinajstić information content (AvgIpc) is 2.44. The molecule has 20 heavy (non-hydrogen) atoms. The van der Waals surface area contributed by atoms with Gasteiger partial charge in [-0.1, -0.05) is 30.3 Å². The number of amides is 1. The summed E-state index contributed by atoms with van der Waals surface area (Å²) in [5.74, 6) is -0.472. The van der Waals surface area contributed by atoms with Crippen LogP contribution in [0.25, 0.3) is 0 Å². The monoisotopic (exact) mass is 335 g/mol. The third-order valence-electron chi connectivity index (χ3n) is 2.91. The molecular weight excluding hydrogens is 321 g/mol. The maximum Gasteiger partial charge on any atom is 0.224 e. The van der Waals surface area contributed by atoms with E-state index in [1.54, 1.807) is 6.07 Å². The first-order valence-corrected chi connectivity index (χ1v) is 7.23. The van der Waals surface area contributed by atoms with E-state index in [0.29, 0.717) is 16.6 Å². The maximum atomic E-state index is 13.1. The lowest BCUT2D eigenvalue weighted by atomic mass is 10.1. The first-order valence-electron chi connectivity index (χ1n) is 6.44. The first-order chi connectivity index (χ1) is 9.65. The molecule has 0 bridgehead atoms. The average molecular weight is 336 g/mol. The Hall–Kier alpha value is -1.68. The van der Waals surface area contributed by atoms with Gasteiger partial charge in [-0.2, -0.15) is 0 Å². The van der Waals surface area contributed by atoms with E-state index in [0.717, 1.165) is 12.8 Å². The fourth-order valence-electron chi connectivity index (χ4n) is 1.90. The van der Waals surface area contributed by atoms with E-state index in [9.17, 15) is 9.18 Å². The van der Waals surface area contributed by atoms with Crippen molar-refractivity contribution in [2.75, 3.05) is 5.32 Å². The molecule has 0 fully saturated rings. The highest BCUT2D eigenvalue weighted by molar-refractivity contribution is 9.10. The number of rotatable bonds is 5. The molecule has 0 heterocycles. The van der Waals surface area contributed by atoms with Gasteiger partial charge in [0.25, 0.3) is 0 Å². The predicted octanol–water partition coefficient (Wildman–Crippen LogP) is 4.55. The molecule has 1 N–H and O–H groups in total. The van der Waals surface area contributed by atoms with Gasteiger partial charge in [-0.05, 0) is 52.5 Å². The van der Waals surface area contributed by atoms with Crippen molar-refractivity contribution in [3.05, 3.63) is 64.4 Å². The van der Waals surface area contributed by atoms with E-state index >= 15 is 0 Å². The number of carbonyl (C=O) groups is 1. The summed E-state index contributed by atoms with van der Waals surface area (Å²) >= 11 is 3.28. The smallest absolute Gasteiger partial charge is 0.224 e. The Morgan fingerprint density at radius 3 is 2.65 bits per heavy atom. The Morgan fingerprint density at radius 2 is 1.90 bits per heavy atom. The van der Waals surface area contributed by atoms with Gasteiger partial charge >= 0.3 is 0 Å². The number of hydrogen-bond acceptors (Lipinski definition) is 1. The molecule has 104 valence electrons. The van der Waals surface area contributed by atoms with Gasteiger partial charge in [0.1, 0.15) is 5.82 Å². The van der Waals surface area contributed by atoms with Crippen molar-refractivity contribution in [2.45, 2.75) is 19.3 Å². The fraction of sp³-hybridized carbons (Fsp3) is 0.188. The van der Waals surface area contributed by atoms with Crippen LogP contribution in [0.4, 0.5) is 10.1 Å². The molecule has 0 unspecified atom stereocenters. The van der Waals surface area contributed by atoms with Crippen molar-refractivity contribution in [3.8, 4) is 0 Å². The Morgan fingerprint density at radius 1 is 1.15 bits per heavy atom. The summed E-state index contributed by atoms with van der Waals surface area (Å²) in [6.07, 6.45) is 2.04. The lowest BCUT2D eigenvalue weighted by Gasteiger charge is -2.07. The van der Waals surface area contributed by atoms with Crippen molar-refractivity contribution in [2.24, 2.45) is 0 Å². The topological polar surface area (TPSA) is 29.1 Å². The van der Waals surface area contributed by atoms with E-state index in [-0.39, 0.29) is 11.7 Å². The van der Waals surface area contributed by atoms with Crippen molar-refractivity contribution < 1.29 is 9.18 Å². The van der Waals surface area contributed by atoms with Crippen LogP contribution in [-0.4, -0.2) is 5.91 Å². The van der Waals surface area contributed by atoms with Crippen LogP contribution in [0.2, 0.25) is 0 Å². The van der Waals surface area contributed by atoms with Gasteiger partial charge in [-0.15, -0.1) is 0 Å². The standard InChI is InChI=1S/C16H15BrFNO/c17-14-10-9-13(18)11-15(14)19-16(20)8-4-7-12-5-2-1-3-6-12/h1-3,5-6,9-11H,4,7-8H2,(H,19,20). The van der Waals surface area contributed by atoms with E-state index in [4.69, 9.17) is 0 Å². The Bertz CT molecular complexity index is 586. The highest BCUT2D eigenvalue weighted by Gasteiger charge is 2.06. The summed E-state index contributed by atoms with van der Waals surface area (Å²) in [4.78, 5) is 11.8. The number of benzene rings is 2. The molecule has 0 aliphatic heterocycles. The van der Waals surface area contributed by atoms with Crippen molar-refractivity contribution >= 4 is 27.5 Å². The fourth-order valence-corrected chi connectivity index (χ4v) is 2.25. The van der Waals surface area contributed by atoms with Crippen LogP contribution in [-0.2, 0) is 11.2 Å².